The Hall–Kier alpha value is -2.63. The second kappa shape index (κ2) is 7.65. The van der Waals surface area contributed by atoms with Crippen LogP contribution in [0.1, 0.15) is 45.4 Å². The molecule has 2 unspecified atom stereocenters. The number of imidazole rings is 1. The molecule has 6 nitrogen and oxygen atoms in total. The summed E-state index contributed by atoms with van der Waals surface area (Å²) in [7, 11) is 0. The summed E-state index contributed by atoms with van der Waals surface area (Å²) >= 11 is 0. The monoisotopic (exact) mass is 391 g/mol. The molecule has 5 rings (SSSR count). The molecular weight excluding hydrogens is 362 g/mol. The topological polar surface area (TPSA) is 66.8 Å². The third kappa shape index (κ3) is 3.56. The average molecular weight is 392 g/mol. The number of hydrogen-bond donors (Lipinski definition) is 1. The van der Waals surface area contributed by atoms with E-state index in [2.05, 4.69) is 49.8 Å². The lowest BCUT2D eigenvalue weighted by atomic mass is 9.88. The summed E-state index contributed by atoms with van der Waals surface area (Å²) in [5, 5.41) is 6.89. The number of fused-ring (bicyclic) bond motifs is 1. The van der Waals surface area contributed by atoms with Crippen LogP contribution >= 0.6 is 0 Å². The number of likely N-dealkylation sites (tertiary alicyclic amines) is 1. The van der Waals surface area contributed by atoms with Gasteiger partial charge in [-0.3, -0.25) is 9.89 Å². The van der Waals surface area contributed by atoms with Gasteiger partial charge in [0.1, 0.15) is 0 Å². The van der Waals surface area contributed by atoms with Crippen LogP contribution in [0, 0.1) is 11.8 Å². The van der Waals surface area contributed by atoms with Crippen molar-refractivity contribution in [2.75, 3.05) is 6.54 Å². The first kappa shape index (κ1) is 18.4. The first-order valence-electron chi connectivity index (χ1n) is 10.9. The molecule has 6 heteroatoms. The van der Waals surface area contributed by atoms with Crippen molar-refractivity contribution >= 4 is 16.9 Å². The minimum absolute atomic E-state index is 0.264. The summed E-state index contributed by atoms with van der Waals surface area (Å²) in [6.45, 7) is 4.01. The minimum Gasteiger partial charge on any atom is -0.339 e. The van der Waals surface area contributed by atoms with Gasteiger partial charge in [0.25, 0.3) is 0 Å². The second-order valence-electron chi connectivity index (χ2n) is 8.86. The molecule has 2 aromatic heterocycles. The normalized spacial score (nSPS) is 23.1. The molecule has 29 heavy (non-hydrogen) atoms. The van der Waals surface area contributed by atoms with Crippen molar-refractivity contribution in [3.63, 3.8) is 0 Å². The van der Waals surface area contributed by atoms with Crippen molar-refractivity contribution in [1.82, 2.24) is 24.6 Å². The van der Waals surface area contributed by atoms with Crippen LogP contribution in [0.5, 0.6) is 0 Å². The molecular formula is C23H29N5O. The first-order chi connectivity index (χ1) is 14.2. The maximum absolute atomic E-state index is 13.0. The Morgan fingerprint density at radius 2 is 2.07 bits per heavy atom. The summed E-state index contributed by atoms with van der Waals surface area (Å²) in [5.41, 5.74) is 4.35. The van der Waals surface area contributed by atoms with Gasteiger partial charge in [-0.2, -0.15) is 5.10 Å². The Morgan fingerprint density at radius 1 is 1.21 bits per heavy atom. The number of amides is 1. The summed E-state index contributed by atoms with van der Waals surface area (Å²) < 4.78 is 2.25. The van der Waals surface area contributed by atoms with Crippen molar-refractivity contribution in [2.45, 2.75) is 58.0 Å². The van der Waals surface area contributed by atoms with E-state index in [1.54, 1.807) is 0 Å². The highest BCUT2D eigenvalue weighted by Gasteiger charge is 2.36. The number of nitrogens with one attached hydrogen (secondary N) is 1. The van der Waals surface area contributed by atoms with E-state index in [0.717, 1.165) is 54.5 Å². The molecule has 3 heterocycles. The lowest BCUT2D eigenvalue weighted by Gasteiger charge is -2.29. The predicted octanol–water partition coefficient (Wildman–Crippen LogP) is 4.24. The molecule has 2 aliphatic rings. The Kier molecular flexibility index (Phi) is 4.86. The van der Waals surface area contributed by atoms with Crippen LogP contribution in [0.4, 0.5) is 0 Å². The molecule has 2 fully saturated rings. The number of hydrogen-bond acceptors (Lipinski definition) is 3. The number of rotatable bonds is 4. The van der Waals surface area contributed by atoms with E-state index < -0.39 is 0 Å². The van der Waals surface area contributed by atoms with Crippen LogP contribution in [0.25, 0.3) is 22.2 Å². The predicted molar refractivity (Wildman–Crippen MR) is 113 cm³/mol. The molecule has 1 aliphatic heterocycles. The fraction of sp³-hybridized carbons (Fsp3) is 0.522. The Labute approximate surface area is 171 Å². The molecule has 1 aromatic carbocycles. The second-order valence-corrected chi connectivity index (χ2v) is 8.86. The number of carbonyl (C=O) groups excluding carboxylic acids is 1. The van der Waals surface area contributed by atoms with Crippen molar-refractivity contribution < 1.29 is 4.79 Å². The summed E-state index contributed by atoms with van der Waals surface area (Å²) in [6.07, 6.45) is 12.6. The van der Waals surface area contributed by atoms with Crippen LogP contribution in [-0.2, 0) is 11.3 Å². The van der Waals surface area contributed by atoms with Crippen LogP contribution in [0.2, 0.25) is 0 Å². The minimum atomic E-state index is 0.264. The van der Waals surface area contributed by atoms with Crippen molar-refractivity contribution in [3.05, 3.63) is 36.9 Å². The van der Waals surface area contributed by atoms with Crippen LogP contribution in [0.15, 0.2) is 36.9 Å². The smallest absolute Gasteiger partial charge is 0.225 e. The molecule has 3 aromatic rings. The van der Waals surface area contributed by atoms with E-state index in [1.807, 2.05) is 18.7 Å². The SMILES string of the molecule is CC1CC(Cn2cnc3cc(-c4cn[nH]c4)ccc32)CN1C(=O)C1CCCCC1. The van der Waals surface area contributed by atoms with E-state index in [1.165, 1.54) is 19.3 Å². The van der Waals surface area contributed by atoms with E-state index in [4.69, 9.17) is 0 Å². The van der Waals surface area contributed by atoms with Gasteiger partial charge in [0.15, 0.2) is 0 Å². The van der Waals surface area contributed by atoms with Crippen molar-refractivity contribution in [3.8, 4) is 11.1 Å². The van der Waals surface area contributed by atoms with Crippen LogP contribution < -0.4 is 0 Å². The number of H-pyrrole nitrogens is 1. The van der Waals surface area contributed by atoms with Gasteiger partial charge in [-0.1, -0.05) is 25.3 Å². The van der Waals surface area contributed by atoms with Gasteiger partial charge in [0.05, 0.1) is 23.6 Å². The van der Waals surface area contributed by atoms with Crippen molar-refractivity contribution in [1.29, 1.82) is 0 Å². The maximum atomic E-state index is 13.0. The molecule has 0 spiro atoms. The number of benzene rings is 1. The van der Waals surface area contributed by atoms with Gasteiger partial charge < -0.3 is 9.47 Å². The summed E-state index contributed by atoms with van der Waals surface area (Å²) in [5.74, 6) is 1.16. The number of nitrogens with zero attached hydrogens (tertiary/aromatic N) is 4. The fourth-order valence-corrected chi connectivity index (χ4v) is 5.24. The maximum Gasteiger partial charge on any atom is 0.225 e. The molecule has 0 radical (unpaired) electrons. The van der Waals surface area contributed by atoms with Gasteiger partial charge in [-0.15, -0.1) is 0 Å². The molecule has 1 saturated carbocycles. The average Bonchev–Trinajstić information content (AvgIpc) is 3.49. The zero-order valence-corrected chi connectivity index (χ0v) is 17.1. The van der Waals surface area contributed by atoms with Crippen LogP contribution in [-0.4, -0.2) is 43.1 Å². The number of carbonyl (C=O) groups is 1. The van der Waals surface area contributed by atoms with E-state index in [0.29, 0.717) is 17.9 Å². The lowest BCUT2D eigenvalue weighted by molar-refractivity contribution is -0.137. The molecule has 1 aliphatic carbocycles. The van der Waals surface area contributed by atoms with Gasteiger partial charge >= 0.3 is 0 Å². The molecule has 152 valence electrons. The summed E-state index contributed by atoms with van der Waals surface area (Å²) in [6, 6.07) is 6.74. The molecule has 1 amide bonds. The molecule has 2 atom stereocenters. The largest absolute Gasteiger partial charge is 0.339 e. The van der Waals surface area contributed by atoms with Gasteiger partial charge in [-0.25, -0.2) is 4.98 Å². The van der Waals surface area contributed by atoms with Gasteiger partial charge in [0.2, 0.25) is 5.91 Å². The highest BCUT2D eigenvalue weighted by Crippen LogP contribution is 2.32. The highest BCUT2D eigenvalue weighted by atomic mass is 16.2. The quantitative estimate of drug-likeness (QED) is 0.723. The van der Waals surface area contributed by atoms with Gasteiger partial charge in [-0.05, 0) is 49.8 Å². The lowest BCUT2D eigenvalue weighted by Crippen LogP contribution is -2.39. The molecule has 0 bridgehead atoms. The van der Waals surface area contributed by atoms with E-state index >= 15 is 0 Å². The first-order valence-corrected chi connectivity index (χ1v) is 10.9. The van der Waals surface area contributed by atoms with E-state index in [9.17, 15) is 4.79 Å². The Morgan fingerprint density at radius 3 is 2.86 bits per heavy atom. The zero-order valence-electron chi connectivity index (χ0n) is 17.1. The Bertz CT molecular complexity index is 986. The summed E-state index contributed by atoms with van der Waals surface area (Å²) in [4.78, 5) is 19.8. The van der Waals surface area contributed by atoms with Gasteiger partial charge in [0, 0.05) is 36.8 Å². The third-order valence-electron chi connectivity index (χ3n) is 6.81. The number of aromatic amines is 1. The Balaban J connectivity index is 1.29. The zero-order chi connectivity index (χ0) is 19.8. The van der Waals surface area contributed by atoms with E-state index in [-0.39, 0.29) is 5.92 Å². The molecule has 1 N–H and O–H groups in total. The number of aromatic nitrogens is 4. The highest BCUT2D eigenvalue weighted by molar-refractivity contribution is 5.82. The standard InChI is InChI=1S/C23H29N5O/c1-16-9-17(14-28(16)23(29)18-5-3-2-4-6-18)13-27-15-24-21-10-19(7-8-22(21)27)20-11-25-26-12-20/h7-8,10-12,15-18H,2-6,9,13-14H2,1H3,(H,25,26). The van der Waals surface area contributed by atoms with Crippen LogP contribution in [0.3, 0.4) is 0 Å². The fourth-order valence-electron chi connectivity index (χ4n) is 5.24. The van der Waals surface area contributed by atoms with Crippen molar-refractivity contribution in [2.24, 2.45) is 11.8 Å². The molecule has 1 saturated heterocycles. The third-order valence-corrected chi connectivity index (χ3v) is 6.81.